The summed E-state index contributed by atoms with van der Waals surface area (Å²) in [4.78, 5) is 23.4. The van der Waals surface area contributed by atoms with E-state index in [1.807, 2.05) is 0 Å². The fourth-order valence-corrected chi connectivity index (χ4v) is 3.61. The zero-order valence-electron chi connectivity index (χ0n) is 17.0. The second-order valence-electron chi connectivity index (χ2n) is 6.40. The summed E-state index contributed by atoms with van der Waals surface area (Å²) < 4.78 is 37.7. The number of ether oxygens (including phenoxy) is 2. The number of sulfonamides is 1. The van der Waals surface area contributed by atoms with Gasteiger partial charge < -0.3 is 20.1 Å². The molecule has 0 saturated carbocycles. The minimum Gasteiger partial charge on any atom is -0.491 e. The summed E-state index contributed by atoms with van der Waals surface area (Å²) in [5, 5.41) is 5.20. The Balaban J connectivity index is 1.94. The number of hydrogen-bond acceptors (Lipinski definition) is 6. The summed E-state index contributed by atoms with van der Waals surface area (Å²) in [7, 11) is -2.34. The van der Waals surface area contributed by atoms with Gasteiger partial charge in [0.2, 0.25) is 21.8 Å². The minimum atomic E-state index is -3.92. The first-order valence-electron chi connectivity index (χ1n) is 9.14. The van der Waals surface area contributed by atoms with Gasteiger partial charge in [-0.25, -0.2) is 8.42 Å². The van der Waals surface area contributed by atoms with Crippen LogP contribution in [-0.2, 0) is 24.3 Å². The van der Waals surface area contributed by atoms with Gasteiger partial charge in [0.15, 0.2) is 0 Å². The summed E-state index contributed by atoms with van der Waals surface area (Å²) >= 11 is 0. The van der Waals surface area contributed by atoms with E-state index in [0.717, 1.165) is 0 Å². The van der Waals surface area contributed by atoms with Crippen LogP contribution in [0.4, 0.5) is 11.4 Å². The molecular weight excluding hydrogens is 410 g/mol. The van der Waals surface area contributed by atoms with Crippen molar-refractivity contribution in [1.29, 1.82) is 0 Å². The van der Waals surface area contributed by atoms with Crippen LogP contribution in [0.1, 0.15) is 13.8 Å². The standard InChI is InChI=1S/C20H25N3O6S/c1-14(20(25)22-17-4-8-18(9-5-17)29-13-12-28-3)23-30(26,27)19-10-6-16(7-11-19)21-15(2)24/h4-11,14,23H,12-13H2,1-3H3,(H,21,24)(H,22,25)/t14-/m0/s1. The van der Waals surface area contributed by atoms with Crippen LogP contribution in [0.15, 0.2) is 53.4 Å². The molecule has 30 heavy (non-hydrogen) atoms. The first-order valence-corrected chi connectivity index (χ1v) is 10.6. The van der Waals surface area contributed by atoms with E-state index in [4.69, 9.17) is 9.47 Å². The van der Waals surface area contributed by atoms with Gasteiger partial charge in [-0.1, -0.05) is 0 Å². The molecule has 2 amide bonds. The van der Waals surface area contributed by atoms with E-state index in [2.05, 4.69) is 15.4 Å². The Kier molecular flexibility index (Phi) is 8.34. The van der Waals surface area contributed by atoms with Crippen molar-refractivity contribution in [3.63, 3.8) is 0 Å². The molecule has 0 unspecified atom stereocenters. The average Bonchev–Trinajstić information content (AvgIpc) is 2.69. The molecule has 0 aliphatic rings. The van der Waals surface area contributed by atoms with Crippen molar-refractivity contribution < 1.29 is 27.5 Å². The predicted octanol–water partition coefficient (Wildman–Crippen LogP) is 1.98. The van der Waals surface area contributed by atoms with Gasteiger partial charge in [0.05, 0.1) is 17.5 Å². The Morgan fingerprint density at radius 2 is 1.50 bits per heavy atom. The molecule has 0 bridgehead atoms. The Morgan fingerprint density at radius 3 is 2.07 bits per heavy atom. The molecule has 2 aromatic carbocycles. The normalized spacial score (nSPS) is 12.1. The van der Waals surface area contributed by atoms with Crippen molar-refractivity contribution in [3.05, 3.63) is 48.5 Å². The molecule has 0 heterocycles. The number of hydrogen-bond donors (Lipinski definition) is 3. The molecule has 10 heteroatoms. The van der Waals surface area contributed by atoms with Crippen molar-refractivity contribution in [2.45, 2.75) is 24.8 Å². The molecule has 3 N–H and O–H groups in total. The summed E-state index contributed by atoms with van der Waals surface area (Å²) in [5.74, 6) is -0.147. The first kappa shape index (κ1) is 23.3. The summed E-state index contributed by atoms with van der Waals surface area (Å²) in [6.45, 7) is 3.67. The molecule has 2 rings (SSSR count). The van der Waals surface area contributed by atoms with Gasteiger partial charge in [-0.3, -0.25) is 9.59 Å². The fourth-order valence-electron chi connectivity index (χ4n) is 2.40. The number of carbonyl (C=O) groups is 2. The lowest BCUT2D eigenvalue weighted by Gasteiger charge is -2.15. The van der Waals surface area contributed by atoms with E-state index in [1.165, 1.54) is 38.1 Å². The van der Waals surface area contributed by atoms with E-state index < -0.39 is 22.0 Å². The average molecular weight is 436 g/mol. The van der Waals surface area contributed by atoms with Gasteiger partial charge in [-0.2, -0.15) is 4.72 Å². The molecule has 0 aromatic heterocycles. The van der Waals surface area contributed by atoms with Crippen LogP contribution in [0.25, 0.3) is 0 Å². The molecule has 0 fully saturated rings. The van der Waals surface area contributed by atoms with Crippen LogP contribution < -0.4 is 20.1 Å². The highest BCUT2D eigenvalue weighted by Crippen LogP contribution is 2.17. The predicted molar refractivity (Wildman–Crippen MR) is 113 cm³/mol. The van der Waals surface area contributed by atoms with E-state index >= 15 is 0 Å². The Morgan fingerprint density at radius 1 is 0.933 bits per heavy atom. The maximum Gasteiger partial charge on any atom is 0.242 e. The lowest BCUT2D eigenvalue weighted by atomic mass is 10.2. The summed E-state index contributed by atoms with van der Waals surface area (Å²) in [6, 6.07) is 11.3. The summed E-state index contributed by atoms with van der Waals surface area (Å²) in [5.41, 5.74) is 0.978. The van der Waals surface area contributed by atoms with E-state index in [1.54, 1.807) is 31.4 Å². The van der Waals surface area contributed by atoms with Crippen molar-refractivity contribution in [3.8, 4) is 5.75 Å². The lowest BCUT2D eigenvalue weighted by molar-refractivity contribution is -0.117. The lowest BCUT2D eigenvalue weighted by Crippen LogP contribution is -2.41. The van der Waals surface area contributed by atoms with Gasteiger partial charge in [0.25, 0.3) is 0 Å². The Bertz CT molecular complexity index is 959. The molecular formula is C20H25N3O6S. The first-order chi connectivity index (χ1) is 14.2. The Hall–Kier alpha value is -2.95. The van der Waals surface area contributed by atoms with Gasteiger partial charge in [-0.05, 0) is 55.5 Å². The number of anilines is 2. The topological polar surface area (TPSA) is 123 Å². The third-order valence-corrected chi connectivity index (χ3v) is 5.44. The number of amides is 2. The zero-order valence-corrected chi connectivity index (χ0v) is 17.8. The highest BCUT2D eigenvalue weighted by atomic mass is 32.2. The van der Waals surface area contributed by atoms with Gasteiger partial charge in [0.1, 0.15) is 12.4 Å². The smallest absolute Gasteiger partial charge is 0.242 e. The van der Waals surface area contributed by atoms with Crippen LogP contribution in [0.2, 0.25) is 0 Å². The van der Waals surface area contributed by atoms with Crippen molar-refractivity contribution in [1.82, 2.24) is 4.72 Å². The zero-order chi connectivity index (χ0) is 22.1. The van der Waals surface area contributed by atoms with Crippen LogP contribution in [0.5, 0.6) is 5.75 Å². The van der Waals surface area contributed by atoms with Gasteiger partial charge >= 0.3 is 0 Å². The van der Waals surface area contributed by atoms with Gasteiger partial charge in [0, 0.05) is 25.4 Å². The highest BCUT2D eigenvalue weighted by Gasteiger charge is 2.22. The monoisotopic (exact) mass is 435 g/mol. The third kappa shape index (κ3) is 7.14. The van der Waals surface area contributed by atoms with E-state index in [9.17, 15) is 18.0 Å². The molecule has 2 aromatic rings. The van der Waals surface area contributed by atoms with Gasteiger partial charge in [-0.15, -0.1) is 0 Å². The number of methoxy groups -OCH3 is 1. The summed E-state index contributed by atoms with van der Waals surface area (Å²) in [6.07, 6.45) is 0. The minimum absolute atomic E-state index is 0.0196. The molecule has 0 aliphatic carbocycles. The number of nitrogens with one attached hydrogen (secondary N) is 3. The SMILES string of the molecule is COCCOc1ccc(NC(=O)[C@H](C)NS(=O)(=O)c2ccc(NC(C)=O)cc2)cc1. The van der Waals surface area contributed by atoms with Crippen LogP contribution in [0.3, 0.4) is 0 Å². The van der Waals surface area contributed by atoms with Crippen LogP contribution >= 0.6 is 0 Å². The quantitative estimate of drug-likeness (QED) is 0.491. The molecule has 9 nitrogen and oxygen atoms in total. The van der Waals surface area contributed by atoms with Crippen LogP contribution in [0, 0.1) is 0 Å². The second-order valence-corrected chi connectivity index (χ2v) is 8.12. The maximum atomic E-state index is 12.5. The number of benzene rings is 2. The third-order valence-electron chi connectivity index (χ3n) is 3.89. The van der Waals surface area contributed by atoms with Crippen LogP contribution in [-0.4, -0.2) is 46.6 Å². The second kappa shape index (κ2) is 10.7. The van der Waals surface area contributed by atoms with Crippen molar-refractivity contribution in [2.75, 3.05) is 31.0 Å². The largest absolute Gasteiger partial charge is 0.491 e. The molecule has 0 aliphatic heterocycles. The fraction of sp³-hybridized carbons (Fsp3) is 0.300. The van der Waals surface area contributed by atoms with E-state index in [0.29, 0.717) is 30.3 Å². The van der Waals surface area contributed by atoms with Crippen molar-refractivity contribution in [2.24, 2.45) is 0 Å². The molecule has 162 valence electrons. The van der Waals surface area contributed by atoms with Crippen molar-refractivity contribution >= 4 is 33.2 Å². The number of rotatable bonds is 10. The molecule has 1 atom stereocenters. The molecule has 0 radical (unpaired) electrons. The molecule has 0 saturated heterocycles. The Labute approximate surface area is 175 Å². The van der Waals surface area contributed by atoms with E-state index in [-0.39, 0.29) is 10.8 Å². The molecule has 0 spiro atoms. The highest BCUT2D eigenvalue weighted by molar-refractivity contribution is 7.89. The maximum absolute atomic E-state index is 12.5. The number of carbonyl (C=O) groups excluding carboxylic acids is 2.